The van der Waals surface area contributed by atoms with Crippen molar-refractivity contribution in [3.05, 3.63) is 52.0 Å². The Labute approximate surface area is 79.1 Å². The standard InChI is InChI=1S/C11H13NO.H2/c1-8(2)4-5-10-9(3)12-7-6-11(10)13;/h4-7H,1H2,2-3H3,(H,12,13);1H/b5-4-;. The number of aromatic nitrogens is 1. The molecule has 1 rings (SSSR count). The first-order chi connectivity index (χ1) is 6.11. The molecule has 0 fully saturated rings. The average molecular weight is 177 g/mol. The van der Waals surface area contributed by atoms with Crippen molar-refractivity contribution in [1.29, 1.82) is 0 Å². The molecule has 0 unspecified atom stereocenters. The van der Waals surface area contributed by atoms with Crippen LogP contribution >= 0.6 is 0 Å². The summed E-state index contributed by atoms with van der Waals surface area (Å²) >= 11 is 0. The van der Waals surface area contributed by atoms with Crippen LogP contribution in [-0.2, 0) is 0 Å². The van der Waals surface area contributed by atoms with Crippen molar-refractivity contribution in [2.45, 2.75) is 13.8 Å². The maximum Gasteiger partial charge on any atom is 0.189 e. The molecule has 0 aliphatic rings. The van der Waals surface area contributed by atoms with E-state index in [4.69, 9.17) is 0 Å². The number of hydrogen-bond acceptors (Lipinski definition) is 1. The van der Waals surface area contributed by atoms with E-state index in [1.807, 2.05) is 19.9 Å². The molecule has 0 saturated heterocycles. The van der Waals surface area contributed by atoms with Crippen molar-refractivity contribution in [2.24, 2.45) is 0 Å². The van der Waals surface area contributed by atoms with Gasteiger partial charge in [0, 0.05) is 24.9 Å². The molecule has 70 valence electrons. The van der Waals surface area contributed by atoms with E-state index in [2.05, 4.69) is 11.6 Å². The van der Waals surface area contributed by atoms with E-state index in [1.165, 1.54) is 6.07 Å². The van der Waals surface area contributed by atoms with Gasteiger partial charge in [-0.2, -0.15) is 0 Å². The zero-order valence-electron chi connectivity index (χ0n) is 7.92. The molecule has 2 heteroatoms. The first-order valence-electron chi connectivity index (χ1n) is 4.13. The molecule has 1 N–H and O–H groups in total. The molecule has 0 aromatic carbocycles. The molecule has 1 aromatic heterocycles. The van der Waals surface area contributed by atoms with Gasteiger partial charge in [-0.05, 0) is 19.9 Å². The molecule has 0 aliphatic carbocycles. The van der Waals surface area contributed by atoms with Crippen LogP contribution in [-0.4, -0.2) is 4.98 Å². The van der Waals surface area contributed by atoms with Gasteiger partial charge in [-0.1, -0.05) is 18.2 Å². The van der Waals surface area contributed by atoms with Crippen molar-refractivity contribution in [3.8, 4) is 0 Å². The Bertz CT molecular complexity index is 404. The summed E-state index contributed by atoms with van der Waals surface area (Å²) in [5.41, 5.74) is 2.55. The molecule has 13 heavy (non-hydrogen) atoms. The smallest absolute Gasteiger partial charge is 0.189 e. The molecule has 0 radical (unpaired) electrons. The predicted octanol–water partition coefficient (Wildman–Crippen LogP) is 2.52. The van der Waals surface area contributed by atoms with E-state index in [0.717, 1.165) is 11.3 Å². The molecular weight excluding hydrogens is 162 g/mol. The zero-order valence-corrected chi connectivity index (χ0v) is 7.92. The maximum absolute atomic E-state index is 11.4. The van der Waals surface area contributed by atoms with Gasteiger partial charge in [-0.25, -0.2) is 0 Å². The van der Waals surface area contributed by atoms with Gasteiger partial charge in [0.05, 0.1) is 0 Å². The third kappa shape index (κ3) is 2.44. The second-order valence-corrected chi connectivity index (χ2v) is 3.06. The number of rotatable bonds is 2. The van der Waals surface area contributed by atoms with E-state index in [9.17, 15) is 4.79 Å². The van der Waals surface area contributed by atoms with Crippen LogP contribution in [0.4, 0.5) is 0 Å². The summed E-state index contributed by atoms with van der Waals surface area (Å²) in [5, 5.41) is 0. The number of hydrogen-bond donors (Lipinski definition) is 1. The van der Waals surface area contributed by atoms with Crippen molar-refractivity contribution < 1.29 is 1.43 Å². The van der Waals surface area contributed by atoms with Gasteiger partial charge in [-0.3, -0.25) is 4.79 Å². The number of aryl methyl sites for hydroxylation is 1. The summed E-state index contributed by atoms with van der Waals surface area (Å²) in [6.07, 6.45) is 5.27. The highest BCUT2D eigenvalue weighted by Crippen LogP contribution is 2.02. The molecule has 0 amide bonds. The Morgan fingerprint density at radius 1 is 1.69 bits per heavy atom. The first kappa shape index (κ1) is 9.52. The Kier molecular flexibility index (Phi) is 2.85. The summed E-state index contributed by atoms with van der Waals surface area (Å²) in [6.45, 7) is 7.50. The highest BCUT2D eigenvalue weighted by atomic mass is 16.1. The van der Waals surface area contributed by atoms with Crippen LogP contribution < -0.4 is 5.43 Å². The second-order valence-electron chi connectivity index (χ2n) is 3.06. The van der Waals surface area contributed by atoms with Gasteiger partial charge >= 0.3 is 0 Å². The van der Waals surface area contributed by atoms with Crippen LogP contribution in [0.3, 0.4) is 0 Å². The van der Waals surface area contributed by atoms with Crippen LogP contribution in [0.5, 0.6) is 0 Å². The molecule has 0 aliphatic heterocycles. The van der Waals surface area contributed by atoms with Crippen molar-refractivity contribution >= 4 is 6.08 Å². The van der Waals surface area contributed by atoms with Crippen LogP contribution in [0.15, 0.2) is 35.3 Å². The van der Waals surface area contributed by atoms with Crippen molar-refractivity contribution in [3.63, 3.8) is 0 Å². The Morgan fingerprint density at radius 3 is 2.92 bits per heavy atom. The quantitative estimate of drug-likeness (QED) is 0.692. The van der Waals surface area contributed by atoms with Crippen LogP contribution in [0.1, 0.15) is 19.6 Å². The predicted molar refractivity (Wildman–Crippen MR) is 57.8 cm³/mol. The van der Waals surface area contributed by atoms with Crippen molar-refractivity contribution in [2.75, 3.05) is 0 Å². The SMILES string of the molecule is C=C(C)/C=C\c1c(C)[nH]ccc1=O.[HH]. The summed E-state index contributed by atoms with van der Waals surface area (Å²) in [4.78, 5) is 14.3. The number of allylic oxidation sites excluding steroid dienone is 2. The van der Waals surface area contributed by atoms with E-state index in [1.54, 1.807) is 12.3 Å². The zero-order chi connectivity index (χ0) is 9.84. The van der Waals surface area contributed by atoms with Gasteiger partial charge in [0.25, 0.3) is 0 Å². The van der Waals surface area contributed by atoms with Gasteiger partial charge in [0.1, 0.15) is 0 Å². The molecule has 0 bridgehead atoms. The van der Waals surface area contributed by atoms with E-state index in [0.29, 0.717) is 5.56 Å². The van der Waals surface area contributed by atoms with E-state index in [-0.39, 0.29) is 6.86 Å². The fourth-order valence-corrected chi connectivity index (χ4v) is 1.03. The number of pyridine rings is 1. The summed E-state index contributed by atoms with van der Waals surface area (Å²) < 4.78 is 0. The van der Waals surface area contributed by atoms with Crippen molar-refractivity contribution in [1.82, 2.24) is 4.98 Å². The molecule has 0 atom stereocenters. The minimum Gasteiger partial charge on any atom is -0.364 e. The van der Waals surface area contributed by atoms with Crippen LogP contribution in [0, 0.1) is 6.92 Å². The molecule has 1 aromatic rings. The maximum atomic E-state index is 11.4. The molecule has 0 spiro atoms. The lowest BCUT2D eigenvalue weighted by molar-refractivity contribution is 1.17. The third-order valence-corrected chi connectivity index (χ3v) is 1.74. The van der Waals surface area contributed by atoms with E-state index >= 15 is 0 Å². The Morgan fingerprint density at radius 2 is 2.38 bits per heavy atom. The normalized spacial score (nSPS) is 10.6. The van der Waals surface area contributed by atoms with Gasteiger partial charge in [0.15, 0.2) is 5.43 Å². The molecular formula is C11H15NO. The minimum atomic E-state index is 0. The summed E-state index contributed by atoms with van der Waals surface area (Å²) in [6, 6.07) is 1.52. The monoisotopic (exact) mass is 177 g/mol. The highest BCUT2D eigenvalue weighted by Gasteiger charge is 1.97. The fourth-order valence-electron chi connectivity index (χ4n) is 1.03. The third-order valence-electron chi connectivity index (χ3n) is 1.74. The largest absolute Gasteiger partial charge is 0.364 e. The lowest BCUT2D eigenvalue weighted by Gasteiger charge is -1.97. The fraction of sp³-hybridized carbons (Fsp3) is 0.182. The minimum absolute atomic E-state index is 0. The van der Waals surface area contributed by atoms with Crippen LogP contribution in [0.2, 0.25) is 0 Å². The first-order valence-corrected chi connectivity index (χ1v) is 4.13. The second kappa shape index (κ2) is 3.90. The van der Waals surface area contributed by atoms with Gasteiger partial charge in [-0.15, -0.1) is 0 Å². The van der Waals surface area contributed by atoms with Gasteiger partial charge < -0.3 is 4.98 Å². The lowest BCUT2D eigenvalue weighted by Crippen LogP contribution is -2.06. The van der Waals surface area contributed by atoms with Crippen LogP contribution in [0.25, 0.3) is 6.08 Å². The molecule has 2 nitrogen and oxygen atoms in total. The number of H-pyrrole nitrogens is 1. The van der Waals surface area contributed by atoms with E-state index < -0.39 is 0 Å². The van der Waals surface area contributed by atoms with Gasteiger partial charge in [0.2, 0.25) is 0 Å². The highest BCUT2D eigenvalue weighted by molar-refractivity contribution is 5.53. The Hall–Kier alpha value is -1.57. The average Bonchev–Trinajstić information content (AvgIpc) is 2.03. The summed E-state index contributed by atoms with van der Waals surface area (Å²) in [5.74, 6) is 0. The topological polar surface area (TPSA) is 32.9 Å². The molecule has 1 heterocycles. The number of aromatic amines is 1. The summed E-state index contributed by atoms with van der Waals surface area (Å²) in [7, 11) is 0. The number of nitrogens with one attached hydrogen (secondary N) is 1. The lowest BCUT2D eigenvalue weighted by atomic mass is 10.1. The molecule has 0 saturated carbocycles. The Balaban J connectivity index is 0.00000169.